The van der Waals surface area contributed by atoms with Crippen molar-refractivity contribution in [1.29, 1.82) is 0 Å². The summed E-state index contributed by atoms with van der Waals surface area (Å²) in [6, 6.07) is 4.86. The predicted molar refractivity (Wildman–Crippen MR) is 125 cm³/mol. The number of thioether (sulfide) groups is 1. The molecule has 0 radical (unpaired) electrons. The fraction of sp³-hybridized carbons (Fsp3) is 0.522. The third-order valence-corrected chi connectivity index (χ3v) is 7.34. The lowest BCUT2D eigenvalue weighted by Gasteiger charge is -2.24. The smallest absolute Gasteiger partial charge is 0.244 e. The van der Waals surface area contributed by atoms with E-state index in [1.165, 1.54) is 11.0 Å². The summed E-state index contributed by atoms with van der Waals surface area (Å²) in [5.74, 6) is 1.24. The quantitative estimate of drug-likeness (QED) is 0.710. The van der Waals surface area contributed by atoms with E-state index in [9.17, 15) is 9.18 Å². The molecule has 1 aromatic heterocycles. The number of carbonyl (C=O) groups excluding carboxylic acids is 1. The molecular formula is C23H31FN6OS. The summed E-state index contributed by atoms with van der Waals surface area (Å²) in [5.41, 5.74) is 8.66. The molecule has 2 aliphatic heterocycles. The zero-order chi connectivity index (χ0) is 23.0. The van der Waals surface area contributed by atoms with E-state index in [-0.39, 0.29) is 24.2 Å². The zero-order valence-electron chi connectivity index (χ0n) is 19.1. The van der Waals surface area contributed by atoms with Crippen LogP contribution in [0.15, 0.2) is 28.8 Å². The lowest BCUT2D eigenvalue weighted by atomic mass is 10.1. The fourth-order valence-corrected chi connectivity index (χ4v) is 5.27. The monoisotopic (exact) mass is 458 g/mol. The number of rotatable bonds is 5. The average molecular weight is 459 g/mol. The van der Waals surface area contributed by atoms with Gasteiger partial charge in [0, 0.05) is 41.6 Å². The molecule has 3 heterocycles. The molecular weight excluding hydrogens is 427 g/mol. The van der Waals surface area contributed by atoms with Gasteiger partial charge in [-0.3, -0.25) is 4.79 Å². The van der Waals surface area contributed by atoms with Crippen LogP contribution >= 0.6 is 11.8 Å². The van der Waals surface area contributed by atoms with Gasteiger partial charge in [-0.2, -0.15) is 5.10 Å². The first kappa shape index (κ1) is 22.8. The number of hydrogen-bond donors (Lipinski definition) is 2. The molecule has 172 valence electrons. The summed E-state index contributed by atoms with van der Waals surface area (Å²) in [6.45, 7) is 9.32. The SMILES string of the molecule is CCC(C)c1nc(-c2ccc(F)c(C)c2)nn1CC(=O)N1CCC2=C(CC1)SC(C)(N)N2. The highest BCUT2D eigenvalue weighted by Crippen LogP contribution is 2.39. The van der Waals surface area contributed by atoms with Crippen LogP contribution in [-0.4, -0.2) is 43.7 Å². The van der Waals surface area contributed by atoms with Crippen molar-refractivity contribution in [2.75, 3.05) is 13.1 Å². The van der Waals surface area contributed by atoms with E-state index in [2.05, 4.69) is 24.3 Å². The molecule has 0 saturated heterocycles. The van der Waals surface area contributed by atoms with Gasteiger partial charge < -0.3 is 16.0 Å². The molecule has 4 rings (SSSR count). The summed E-state index contributed by atoms with van der Waals surface area (Å²) >= 11 is 1.65. The molecule has 32 heavy (non-hydrogen) atoms. The van der Waals surface area contributed by atoms with Crippen LogP contribution in [0, 0.1) is 12.7 Å². The van der Waals surface area contributed by atoms with Crippen LogP contribution in [-0.2, 0) is 11.3 Å². The van der Waals surface area contributed by atoms with Gasteiger partial charge in [-0.05, 0) is 50.5 Å². The van der Waals surface area contributed by atoms with Crippen LogP contribution < -0.4 is 11.1 Å². The molecule has 9 heteroatoms. The summed E-state index contributed by atoms with van der Waals surface area (Å²) in [4.78, 5) is 20.6. The highest BCUT2D eigenvalue weighted by molar-refractivity contribution is 8.04. The predicted octanol–water partition coefficient (Wildman–Crippen LogP) is 3.71. The maximum Gasteiger partial charge on any atom is 0.244 e. The van der Waals surface area contributed by atoms with Crippen LogP contribution in [0.5, 0.6) is 0 Å². The van der Waals surface area contributed by atoms with Gasteiger partial charge in [0.1, 0.15) is 23.2 Å². The van der Waals surface area contributed by atoms with Crippen LogP contribution in [0.3, 0.4) is 0 Å². The molecule has 2 aromatic rings. The van der Waals surface area contributed by atoms with E-state index in [1.807, 2.05) is 11.8 Å². The molecule has 0 aliphatic carbocycles. The van der Waals surface area contributed by atoms with Crippen LogP contribution in [0.25, 0.3) is 11.4 Å². The first-order valence-corrected chi connectivity index (χ1v) is 12.0. The zero-order valence-corrected chi connectivity index (χ0v) is 19.9. The molecule has 0 spiro atoms. The summed E-state index contributed by atoms with van der Waals surface area (Å²) in [5, 5.41) is 8.02. The molecule has 2 atom stereocenters. The lowest BCUT2D eigenvalue weighted by Crippen LogP contribution is -2.44. The molecule has 0 fully saturated rings. The van der Waals surface area contributed by atoms with Crippen molar-refractivity contribution in [3.8, 4) is 11.4 Å². The number of aromatic nitrogens is 3. The third-order valence-electron chi connectivity index (χ3n) is 6.12. The minimum absolute atomic E-state index is 0.0305. The Bertz CT molecular complexity index is 1040. The van der Waals surface area contributed by atoms with Crippen molar-refractivity contribution < 1.29 is 9.18 Å². The molecule has 7 nitrogen and oxygen atoms in total. The number of benzene rings is 1. The highest BCUT2D eigenvalue weighted by atomic mass is 32.2. The molecule has 1 aromatic carbocycles. The van der Waals surface area contributed by atoms with Gasteiger partial charge >= 0.3 is 0 Å². The van der Waals surface area contributed by atoms with Gasteiger partial charge in [-0.15, -0.1) is 0 Å². The van der Waals surface area contributed by atoms with Crippen molar-refractivity contribution in [3.05, 3.63) is 46.0 Å². The standard InChI is InChI=1S/C23H31FN6OS/c1-5-14(2)22-26-21(16-6-7-17(24)15(3)12-16)28-30(22)13-20(31)29-10-8-18-19(9-11-29)32-23(4,25)27-18/h6-7,12,14,27H,5,8-11,13,25H2,1-4H3. The first-order chi connectivity index (χ1) is 15.2. The minimum atomic E-state index is -0.460. The third kappa shape index (κ3) is 4.68. The number of aryl methyl sites for hydroxylation is 1. The van der Waals surface area contributed by atoms with Crippen molar-refractivity contribution in [2.24, 2.45) is 5.73 Å². The average Bonchev–Trinajstić information content (AvgIpc) is 3.23. The number of nitrogens with one attached hydrogen (secondary N) is 1. The topological polar surface area (TPSA) is 89.1 Å². The maximum atomic E-state index is 13.7. The Morgan fingerprint density at radius 1 is 1.38 bits per heavy atom. The second kappa shape index (κ2) is 8.86. The Kier molecular flexibility index (Phi) is 6.31. The lowest BCUT2D eigenvalue weighted by molar-refractivity contribution is -0.132. The van der Waals surface area contributed by atoms with Crippen molar-refractivity contribution >= 4 is 17.7 Å². The molecule has 0 saturated carbocycles. The Labute approximate surface area is 192 Å². The molecule has 0 bridgehead atoms. The summed E-state index contributed by atoms with van der Waals surface area (Å²) in [7, 11) is 0. The van der Waals surface area contributed by atoms with E-state index >= 15 is 0 Å². The van der Waals surface area contributed by atoms with E-state index in [0.717, 1.165) is 36.3 Å². The van der Waals surface area contributed by atoms with Crippen molar-refractivity contribution in [2.45, 2.75) is 64.4 Å². The van der Waals surface area contributed by atoms with Crippen LogP contribution in [0.4, 0.5) is 4.39 Å². The van der Waals surface area contributed by atoms with Crippen molar-refractivity contribution in [3.63, 3.8) is 0 Å². The van der Waals surface area contributed by atoms with Gasteiger partial charge in [0.05, 0.1) is 0 Å². The Balaban J connectivity index is 1.51. The van der Waals surface area contributed by atoms with Gasteiger partial charge in [-0.1, -0.05) is 25.6 Å². The second-order valence-electron chi connectivity index (χ2n) is 8.84. The van der Waals surface area contributed by atoms with Gasteiger partial charge in [0.15, 0.2) is 5.82 Å². The first-order valence-electron chi connectivity index (χ1n) is 11.1. The van der Waals surface area contributed by atoms with E-state index in [0.29, 0.717) is 24.5 Å². The van der Waals surface area contributed by atoms with Gasteiger partial charge in [-0.25, -0.2) is 14.1 Å². The van der Waals surface area contributed by atoms with Gasteiger partial charge in [0.25, 0.3) is 0 Å². The number of nitrogens with zero attached hydrogens (tertiary/aromatic N) is 4. The molecule has 2 unspecified atom stereocenters. The van der Waals surface area contributed by atoms with Crippen LogP contribution in [0.2, 0.25) is 0 Å². The van der Waals surface area contributed by atoms with E-state index in [1.54, 1.807) is 35.5 Å². The second-order valence-corrected chi connectivity index (χ2v) is 10.4. The Morgan fingerprint density at radius 2 is 2.12 bits per heavy atom. The largest absolute Gasteiger partial charge is 0.362 e. The van der Waals surface area contributed by atoms with E-state index in [4.69, 9.17) is 10.7 Å². The van der Waals surface area contributed by atoms with Crippen LogP contribution in [0.1, 0.15) is 57.3 Å². The fourth-order valence-electron chi connectivity index (χ4n) is 4.11. The molecule has 3 N–H and O–H groups in total. The number of nitrogens with two attached hydrogens (primary N) is 1. The number of amides is 1. The number of carbonyl (C=O) groups is 1. The summed E-state index contributed by atoms with van der Waals surface area (Å²) < 4.78 is 15.4. The summed E-state index contributed by atoms with van der Waals surface area (Å²) in [6.07, 6.45) is 2.47. The maximum absolute atomic E-state index is 13.7. The van der Waals surface area contributed by atoms with Crippen molar-refractivity contribution in [1.82, 2.24) is 25.0 Å². The number of hydrogen-bond acceptors (Lipinski definition) is 6. The highest BCUT2D eigenvalue weighted by Gasteiger charge is 2.33. The van der Waals surface area contributed by atoms with E-state index < -0.39 is 4.99 Å². The molecule has 1 amide bonds. The molecule has 2 aliphatic rings. The number of halogens is 1. The Morgan fingerprint density at radius 3 is 2.84 bits per heavy atom. The van der Waals surface area contributed by atoms with Gasteiger partial charge in [0.2, 0.25) is 5.91 Å². The Hall–Kier alpha value is -2.39. The normalized spacial score (nSPS) is 21.9. The minimum Gasteiger partial charge on any atom is -0.362 e.